The number of carbonyl (C=O) groups is 2. The van der Waals surface area contributed by atoms with E-state index in [0.717, 1.165) is 13.1 Å². The van der Waals surface area contributed by atoms with Crippen LogP contribution in [0.5, 0.6) is 5.75 Å². The summed E-state index contributed by atoms with van der Waals surface area (Å²) in [4.78, 5) is 27.0. The number of hydrogen-bond donors (Lipinski definition) is 2. The molecule has 0 aliphatic carbocycles. The molecule has 30 heavy (non-hydrogen) atoms. The minimum absolute atomic E-state index is 0.138. The molecule has 2 N–H and O–H groups in total. The number of ether oxygens (including phenoxy) is 1. The first-order valence-electron chi connectivity index (χ1n) is 9.70. The number of thioether (sulfide) groups is 1. The first-order valence-corrected chi connectivity index (χ1v) is 11.0. The lowest BCUT2D eigenvalue weighted by Gasteiger charge is -2.22. The van der Waals surface area contributed by atoms with E-state index in [0.29, 0.717) is 27.0 Å². The molecule has 0 spiro atoms. The smallest absolute Gasteiger partial charge is 0.255 e. The third-order valence-electron chi connectivity index (χ3n) is 4.44. The highest BCUT2D eigenvalue weighted by Crippen LogP contribution is 2.24. The Kier molecular flexibility index (Phi) is 9.14. The highest BCUT2D eigenvalue weighted by atomic mass is 32.2. The van der Waals surface area contributed by atoms with Gasteiger partial charge in [-0.05, 0) is 57.2 Å². The summed E-state index contributed by atoms with van der Waals surface area (Å²) in [5.74, 6) is 0.190. The third kappa shape index (κ3) is 6.47. The molecule has 0 radical (unpaired) electrons. The van der Waals surface area contributed by atoms with Crippen LogP contribution in [-0.4, -0.2) is 46.5 Å². The van der Waals surface area contributed by atoms with Crippen LogP contribution in [0.3, 0.4) is 0 Å². The molecule has 0 aliphatic rings. The molecule has 2 aromatic rings. The summed E-state index contributed by atoms with van der Waals surface area (Å²) in [6.07, 6.45) is 0. The number of anilines is 2. The van der Waals surface area contributed by atoms with E-state index in [1.165, 1.54) is 11.8 Å². The average Bonchev–Trinajstić information content (AvgIpc) is 2.75. The summed E-state index contributed by atoms with van der Waals surface area (Å²) in [6.45, 7) is 7.52. The minimum Gasteiger partial charge on any atom is -0.495 e. The molecule has 1 atom stereocenters. The molecule has 2 rings (SSSR count). The number of thiocarbonyl (C=S) groups is 1. The largest absolute Gasteiger partial charge is 0.495 e. The molecule has 8 heteroatoms. The topological polar surface area (TPSA) is 70.7 Å². The van der Waals surface area contributed by atoms with Gasteiger partial charge in [-0.3, -0.25) is 9.59 Å². The van der Waals surface area contributed by atoms with Gasteiger partial charge in [0, 0.05) is 24.3 Å². The predicted octanol–water partition coefficient (Wildman–Crippen LogP) is 4.63. The maximum Gasteiger partial charge on any atom is 0.255 e. The molecule has 2 aromatic carbocycles. The van der Waals surface area contributed by atoms with Crippen molar-refractivity contribution >= 4 is 51.5 Å². The maximum absolute atomic E-state index is 12.5. The van der Waals surface area contributed by atoms with Crippen LogP contribution in [0.2, 0.25) is 0 Å². The van der Waals surface area contributed by atoms with Crippen LogP contribution in [0.15, 0.2) is 48.5 Å². The Balaban J connectivity index is 1.96. The molecule has 0 saturated carbocycles. The molecular formula is C22H27N3O3S2. The second-order valence-corrected chi connectivity index (χ2v) is 8.39. The van der Waals surface area contributed by atoms with E-state index < -0.39 is 0 Å². The molecule has 0 aromatic heterocycles. The number of methoxy groups -OCH3 is 1. The van der Waals surface area contributed by atoms with E-state index in [1.807, 2.05) is 37.8 Å². The molecule has 0 fully saturated rings. The lowest BCUT2D eigenvalue weighted by Crippen LogP contribution is -2.31. The summed E-state index contributed by atoms with van der Waals surface area (Å²) >= 11 is 6.77. The van der Waals surface area contributed by atoms with Gasteiger partial charge in [-0.1, -0.05) is 36.1 Å². The Hall–Kier alpha value is -2.58. The molecule has 0 aliphatic heterocycles. The first kappa shape index (κ1) is 23.7. The fourth-order valence-corrected chi connectivity index (χ4v) is 4.22. The molecule has 160 valence electrons. The van der Waals surface area contributed by atoms with E-state index in [4.69, 9.17) is 17.0 Å². The van der Waals surface area contributed by atoms with E-state index in [9.17, 15) is 9.59 Å². The Labute approximate surface area is 187 Å². The Bertz CT molecular complexity index is 883. The highest BCUT2D eigenvalue weighted by Gasteiger charge is 2.18. The van der Waals surface area contributed by atoms with Gasteiger partial charge >= 0.3 is 0 Å². The summed E-state index contributed by atoms with van der Waals surface area (Å²) in [6, 6.07) is 13.9. The predicted molar refractivity (Wildman–Crippen MR) is 129 cm³/mol. The van der Waals surface area contributed by atoms with Gasteiger partial charge in [-0.2, -0.15) is 0 Å². The van der Waals surface area contributed by atoms with E-state index in [2.05, 4.69) is 10.6 Å². The second kappa shape index (κ2) is 11.6. The van der Waals surface area contributed by atoms with Gasteiger partial charge < -0.3 is 20.3 Å². The third-order valence-corrected chi connectivity index (χ3v) is 6.01. The summed E-state index contributed by atoms with van der Waals surface area (Å²) in [5.41, 5.74) is 1.69. The molecular weight excluding hydrogens is 418 g/mol. The van der Waals surface area contributed by atoms with Gasteiger partial charge in [0.05, 0.1) is 18.0 Å². The molecule has 6 nitrogen and oxygen atoms in total. The average molecular weight is 446 g/mol. The quantitative estimate of drug-likeness (QED) is 0.577. The van der Waals surface area contributed by atoms with Crippen molar-refractivity contribution in [1.29, 1.82) is 0 Å². The first-order chi connectivity index (χ1) is 14.4. The lowest BCUT2D eigenvalue weighted by molar-refractivity contribution is -0.115. The van der Waals surface area contributed by atoms with Gasteiger partial charge in [0.2, 0.25) is 5.91 Å². The van der Waals surface area contributed by atoms with Crippen LogP contribution >= 0.6 is 24.0 Å². The summed E-state index contributed by atoms with van der Waals surface area (Å²) in [7, 11) is 1.55. The van der Waals surface area contributed by atoms with Crippen LogP contribution in [-0.2, 0) is 4.79 Å². The van der Waals surface area contributed by atoms with Crippen molar-refractivity contribution in [3.05, 3.63) is 54.1 Å². The van der Waals surface area contributed by atoms with E-state index >= 15 is 0 Å². The number of rotatable bonds is 8. The molecule has 0 saturated heterocycles. The van der Waals surface area contributed by atoms with Crippen molar-refractivity contribution in [2.75, 3.05) is 30.8 Å². The van der Waals surface area contributed by atoms with Gasteiger partial charge in [0.15, 0.2) is 0 Å². The number of nitrogens with one attached hydrogen (secondary N) is 2. The number of amides is 2. The number of benzene rings is 2. The zero-order valence-electron chi connectivity index (χ0n) is 17.6. The maximum atomic E-state index is 12.5. The van der Waals surface area contributed by atoms with Crippen molar-refractivity contribution in [3.63, 3.8) is 0 Å². The fraction of sp³-hybridized carbons (Fsp3) is 0.318. The number of hydrogen-bond acceptors (Lipinski definition) is 5. The summed E-state index contributed by atoms with van der Waals surface area (Å²) in [5, 5.41) is 5.37. The molecule has 2 amide bonds. The normalized spacial score (nSPS) is 11.3. The Morgan fingerprint density at radius 3 is 2.30 bits per heavy atom. The lowest BCUT2D eigenvalue weighted by atomic mass is 10.2. The summed E-state index contributed by atoms with van der Waals surface area (Å²) < 4.78 is 5.96. The minimum atomic E-state index is -0.327. The van der Waals surface area contributed by atoms with Gasteiger partial charge in [-0.15, -0.1) is 0 Å². The van der Waals surface area contributed by atoms with Crippen LogP contribution in [0.4, 0.5) is 11.4 Å². The van der Waals surface area contributed by atoms with Gasteiger partial charge in [0.1, 0.15) is 10.1 Å². The number of carbonyl (C=O) groups excluding carboxylic acids is 2. The van der Waals surface area contributed by atoms with Gasteiger partial charge in [-0.25, -0.2) is 0 Å². The standard InChI is InChI=1S/C22H27N3O3S2/c1-5-25(6-2)22(29)30-15(3)20(26)23-17-13-11-16(12-14-17)21(27)24-18-9-7-8-10-19(18)28-4/h7-15H,5-6H2,1-4H3,(H,23,26)(H,24,27). The van der Waals surface area contributed by atoms with Crippen molar-refractivity contribution in [3.8, 4) is 5.75 Å². The molecule has 0 bridgehead atoms. The number of nitrogens with zero attached hydrogens (tertiary/aromatic N) is 1. The van der Waals surface area contributed by atoms with E-state index in [-0.39, 0.29) is 17.1 Å². The van der Waals surface area contributed by atoms with Crippen LogP contribution in [0.25, 0.3) is 0 Å². The van der Waals surface area contributed by atoms with Crippen molar-refractivity contribution < 1.29 is 14.3 Å². The van der Waals surface area contributed by atoms with Crippen LogP contribution < -0.4 is 15.4 Å². The molecule has 0 heterocycles. The zero-order chi connectivity index (χ0) is 22.1. The zero-order valence-corrected chi connectivity index (χ0v) is 19.2. The SMILES string of the molecule is CCN(CC)C(=S)SC(C)C(=O)Nc1ccc(C(=O)Nc2ccccc2OC)cc1. The highest BCUT2D eigenvalue weighted by molar-refractivity contribution is 8.23. The number of para-hydroxylation sites is 2. The van der Waals surface area contributed by atoms with Crippen molar-refractivity contribution in [2.24, 2.45) is 0 Å². The monoisotopic (exact) mass is 445 g/mol. The fourth-order valence-electron chi connectivity index (χ4n) is 2.65. The van der Waals surface area contributed by atoms with Crippen LogP contribution in [0.1, 0.15) is 31.1 Å². The van der Waals surface area contributed by atoms with Crippen molar-refractivity contribution in [1.82, 2.24) is 4.90 Å². The Morgan fingerprint density at radius 1 is 1.07 bits per heavy atom. The van der Waals surface area contributed by atoms with Gasteiger partial charge in [0.25, 0.3) is 5.91 Å². The van der Waals surface area contributed by atoms with E-state index in [1.54, 1.807) is 43.5 Å². The Morgan fingerprint density at radius 2 is 1.70 bits per heavy atom. The second-order valence-electron chi connectivity index (χ2n) is 6.42. The van der Waals surface area contributed by atoms with Crippen molar-refractivity contribution in [2.45, 2.75) is 26.0 Å². The van der Waals surface area contributed by atoms with Crippen LogP contribution in [0, 0.1) is 0 Å². The molecule has 1 unspecified atom stereocenters.